The summed E-state index contributed by atoms with van der Waals surface area (Å²) in [7, 11) is 0. The molecule has 0 amide bonds. The van der Waals surface area contributed by atoms with Crippen LogP contribution in [0.25, 0.3) is 5.65 Å². The molecule has 0 atom stereocenters. The lowest BCUT2D eigenvalue weighted by atomic mass is 9.85. The van der Waals surface area contributed by atoms with Crippen molar-refractivity contribution in [1.29, 1.82) is 5.41 Å². The van der Waals surface area contributed by atoms with E-state index in [-0.39, 0.29) is 41.9 Å². The third-order valence-electron chi connectivity index (χ3n) is 5.36. The summed E-state index contributed by atoms with van der Waals surface area (Å²) in [4.78, 5) is 13.1. The highest BCUT2D eigenvalue weighted by Crippen LogP contribution is 2.28. The predicted molar refractivity (Wildman–Crippen MR) is 130 cm³/mol. The Morgan fingerprint density at radius 1 is 1.09 bits per heavy atom. The number of aromatic nitrogens is 4. The highest BCUT2D eigenvalue weighted by molar-refractivity contribution is 5.96. The number of benzene rings is 1. The molecule has 33 heavy (non-hydrogen) atoms. The van der Waals surface area contributed by atoms with Gasteiger partial charge >= 0.3 is 0 Å². The van der Waals surface area contributed by atoms with Crippen molar-refractivity contribution in [3.63, 3.8) is 0 Å². The predicted octanol–water partition coefficient (Wildman–Crippen LogP) is 4.58. The molecular formula is C24H34ClN5O3. The van der Waals surface area contributed by atoms with Crippen molar-refractivity contribution >= 4 is 23.8 Å². The van der Waals surface area contributed by atoms with E-state index in [4.69, 9.17) is 14.9 Å². The molecule has 9 heteroatoms. The van der Waals surface area contributed by atoms with Crippen LogP contribution >= 0.6 is 12.4 Å². The quantitative estimate of drug-likeness (QED) is 0.457. The minimum absolute atomic E-state index is 0. The molecule has 1 N–H and O–H groups in total. The lowest BCUT2D eigenvalue weighted by molar-refractivity contribution is 0.0965. The molecule has 2 aromatic heterocycles. The fourth-order valence-corrected chi connectivity index (χ4v) is 3.38. The molecule has 180 valence electrons. The number of hydrogen-bond donors (Lipinski definition) is 1. The molecule has 2 heterocycles. The van der Waals surface area contributed by atoms with Crippen LogP contribution in [0, 0.1) is 5.41 Å². The molecule has 0 aliphatic carbocycles. The molecule has 8 nitrogen and oxygen atoms in total. The van der Waals surface area contributed by atoms with Gasteiger partial charge in [0.1, 0.15) is 12.3 Å². The zero-order valence-corrected chi connectivity index (χ0v) is 21.0. The number of nitrogens with zero attached hydrogens (tertiary/aromatic N) is 4. The first-order valence-electron chi connectivity index (χ1n) is 11.2. The van der Waals surface area contributed by atoms with Gasteiger partial charge in [0.2, 0.25) is 11.5 Å². The second-order valence-electron chi connectivity index (χ2n) is 8.83. The number of hydrogen-bond acceptors (Lipinski definition) is 6. The zero-order valence-electron chi connectivity index (χ0n) is 20.2. The molecule has 3 aromatic rings. The largest absolute Gasteiger partial charge is 0.494 e. The van der Waals surface area contributed by atoms with Gasteiger partial charge in [0, 0.05) is 11.6 Å². The first-order chi connectivity index (χ1) is 15.2. The Balaban J connectivity index is 0.00000385. The first kappa shape index (κ1) is 26.4. The van der Waals surface area contributed by atoms with Crippen LogP contribution in [-0.2, 0) is 12.0 Å². The Morgan fingerprint density at radius 3 is 2.39 bits per heavy atom. The number of ether oxygens (including phenoxy) is 2. The molecule has 0 aliphatic heterocycles. The number of nitrogens with one attached hydrogen (secondary N) is 1. The van der Waals surface area contributed by atoms with E-state index >= 15 is 0 Å². The van der Waals surface area contributed by atoms with Crippen LogP contribution in [0.4, 0.5) is 0 Å². The van der Waals surface area contributed by atoms with Crippen LogP contribution in [0.1, 0.15) is 70.3 Å². The number of carbonyl (C=O) groups excluding carboxylic acids is 1. The summed E-state index contributed by atoms with van der Waals surface area (Å²) >= 11 is 0. The summed E-state index contributed by atoms with van der Waals surface area (Å²) in [5.74, 6) is 0.960. The normalized spacial score (nSPS) is 11.5. The molecule has 0 fully saturated rings. The Hall–Kier alpha value is -2.87. The van der Waals surface area contributed by atoms with Gasteiger partial charge < -0.3 is 9.47 Å². The second-order valence-corrected chi connectivity index (χ2v) is 8.83. The smallest absolute Gasteiger partial charge is 0.242 e. The monoisotopic (exact) mass is 475 g/mol. The number of rotatable bonds is 9. The van der Waals surface area contributed by atoms with Gasteiger partial charge in [0.15, 0.2) is 11.4 Å². The molecule has 1 aromatic carbocycles. The first-order valence-corrected chi connectivity index (χ1v) is 11.2. The molecule has 0 saturated heterocycles. The van der Waals surface area contributed by atoms with Crippen molar-refractivity contribution in [3.05, 3.63) is 47.1 Å². The van der Waals surface area contributed by atoms with Crippen LogP contribution in [0.5, 0.6) is 11.6 Å². The Morgan fingerprint density at radius 2 is 1.79 bits per heavy atom. The maximum atomic E-state index is 13.1. The van der Waals surface area contributed by atoms with Crippen molar-refractivity contribution < 1.29 is 14.3 Å². The topological polar surface area (TPSA) is 94.5 Å². The van der Waals surface area contributed by atoms with Gasteiger partial charge in [-0.1, -0.05) is 34.6 Å². The molecule has 0 spiro atoms. The van der Waals surface area contributed by atoms with E-state index in [2.05, 4.69) is 44.8 Å². The highest BCUT2D eigenvalue weighted by atomic mass is 35.5. The summed E-state index contributed by atoms with van der Waals surface area (Å²) in [6, 6.07) is 9.11. The van der Waals surface area contributed by atoms with Gasteiger partial charge in [-0.3, -0.25) is 10.2 Å². The van der Waals surface area contributed by atoms with Gasteiger partial charge in [0.05, 0.1) is 12.7 Å². The highest BCUT2D eigenvalue weighted by Gasteiger charge is 2.19. The molecule has 0 aliphatic rings. The fraction of sp³-hybridized carbons (Fsp3) is 0.500. The van der Waals surface area contributed by atoms with Gasteiger partial charge in [-0.15, -0.1) is 22.6 Å². The number of Topliss-reactive ketones (excluding diaryl/α,β-unsaturated/α-hetero) is 1. The van der Waals surface area contributed by atoms with Crippen molar-refractivity contribution in [1.82, 2.24) is 19.4 Å². The van der Waals surface area contributed by atoms with E-state index in [0.717, 1.165) is 18.4 Å². The van der Waals surface area contributed by atoms with Crippen molar-refractivity contribution in [2.24, 2.45) is 0 Å². The van der Waals surface area contributed by atoms with E-state index in [0.29, 0.717) is 29.4 Å². The number of carbonyl (C=O) groups is 1. The molecule has 0 saturated carbocycles. The third-order valence-corrected chi connectivity index (χ3v) is 5.36. The molecule has 0 unspecified atom stereocenters. The van der Waals surface area contributed by atoms with Crippen LogP contribution in [0.2, 0.25) is 0 Å². The molecule has 0 radical (unpaired) electrons. The van der Waals surface area contributed by atoms with Gasteiger partial charge in [0.25, 0.3) is 0 Å². The van der Waals surface area contributed by atoms with E-state index in [1.165, 1.54) is 9.20 Å². The summed E-state index contributed by atoms with van der Waals surface area (Å²) < 4.78 is 14.3. The average molecular weight is 476 g/mol. The summed E-state index contributed by atoms with van der Waals surface area (Å²) in [5, 5.41) is 17.2. The van der Waals surface area contributed by atoms with Gasteiger partial charge in [-0.2, -0.15) is 4.52 Å². The van der Waals surface area contributed by atoms with Crippen molar-refractivity contribution in [3.8, 4) is 11.6 Å². The Bertz CT molecular complexity index is 1160. The maximum Gasteiger partial charge on any atom is 0.242 e. The molecular weight excluding hydrogens is 442 g/mol. The van der Waals surface area contributed by atoms with E-state index in [1.54, 1.807) is 18.2 Å². The van der Waals surface area contributed by atoms with Gasteiger partial charge in [-0.25, -0.2) is 4.68 Å². The van der Waals surface area contributed by atoms with Gasteiger partial charge in [-0.05, 0) is 55.0 Å². The van der Waals surface area contributed by atoms with Crippen molar-refractivity contribution in [2.45, 2.75) is 72.4 Å². The van der Waals surface area contributed by atoms with Crippen molar-refractivity contribution in [2.75, 3.05) is 6.61 Å². The summed E-state index contributed by atoms with van der Waals surface area (Å²) in [6.45, 7) is 12.8. The lowest BCUT2D eigenvalue weighted by Gasteiger charge is -2.21. The van der Waals surface area contributed by atoms with E-state index in [1.807, 2.05) is 19.1 Å². The van der Waals surface area contributed by atoms with E-state index in [9.17, 15) is 4.79 Å². The standard InChI is InChI=1S/C24H33N5O3.ClH/c1-7-18(8-2)32-22-11-10-21-26-28(23(25)29(21)27-22)15-20(30)16-12-17(24(4,5)6)14-19(13-16)31-9-3;/h10-14,18,25H,7-9,15H2,1-6H3;1H. The maximum absolute atomic E-state index is 13.1. The van der Waals surface area contributed by atoms with Crippen LogP contribution < -0.4 is 15.1 Å². The second kappa shape index (κ2) is 10.8. The minimum atomic E-state index is -0.146. The Labute approximate surface area is 200 Å². The summed E-state index contributed by atoms with van der Waals surface area (Å²) in [6.07, 6.45) is 1.82. The van der Waals surface area contributed by atoms with Crippen LogP contribution in [0.3, 0.4) is 0 Å². The van der Waals surface area contributed by atoms with Crippen LogP contribution in [-0.4, -0.2) is 37.9 Å². The average Bonchev–Trinajstić information content (AvgIpc) is 3.06. The number of halogens is 1. The fourth-order valence-electron chi connectivity index (χ4n) is 3.38. The molecule has 3 rings (SSSR count). The lowest BCUT2D eigenvalue weighted by Crippen LogP contribution is -2.27. The van der Waals surface area contributed by atoms with Crippen LogP contribution in [0.15, 0.2) is 30.3 Å². The van der Waals surface area contributed by atoms with E-state index < -0.39 is 0 Å². The zero-order chi connectivity index (χ0) is 23.5. The summed E-state index contributed by atoms with van der Waals surface area (Å²) in [5.41, 5.74) is 1.92. The minimum Gasteiger partial charge on any atom is -0.494 e. The Kier molecular flexibility index (Phi) is 8.66. The number of ketones is 1. The third kappa shape index (κ3) is 6.13. The number of fused-ring (bicyclic) bond motifs is 1. The molecule has 0 bridgehead atoms. The SMILES string of the molecule is CCOc1cc(C(=O)Cn2nc3ccc(OC(CC)CC)nn3c2=N)cc(C(C)(C)C)c1.Cl.